The SMILES string of the molecule is CCC(C(=O)NC1CCN(C2CCCCC2O)CC1)N(C)C. The lowest BCUT2D eigenvalue weighted by atomic mass is 9.89. The molecular formula is C17H33N3O2. The highest BCUT2D eigenvalue weighted by molar-refractivity contribution is 5.81. The topological polar surface area (TPSA) is 55.8 Å². The molecule has 128 valence electrons. The first-order valence-electron chi connectivity index (χ1n) is 8.91. The van der Waals surface area contributed by atoms with Crippen LogP contribution in [0, 0.1) is 0 Å². The molecule has 1 amide bonds. The van der Waals surface area contributed by atoms with Crippen LogP contribution in [0.25, 0.3) is 0 Å². The van der Waals surface area contributed by atoms with Crippen molar-refractivity contribution in [3.8, 4) is 0 Å². The van der Waals surface area contributed by atoms with E-state index < -0.39 is 0 Å². The van der Waals surface area contributed by atoms with Crippen LogP contribution in [0.15, 0.2) is 0 Å². The zero-order chi connectivity index (χ0) is 16.1. The summed E-state index contributed by atoms with van der Waals surface area (Å²) < 4.78 is 0. The lowest BCUT2D eigenvalue weighted by Crippen LogP contribution is -2.54. The van der Waals surface area contributed by atoms with E-state index in [9.17, 15) is 9.90 Å². The van der Waals surface area contributed by atoms with E-state index in [0.29, 0.717) is 12.1 Å². The summed E-state index contributed by atoms with van der Waals surface area (Å²) in [5.74, 6) is 0.156. The molecule has 3 unspecified atom stereocenters. The third kappa shape index (κ3) is 4.43. The summed E-state index contributed by atoms with van der Waals surface area (Å²) in [7, 11) is 3.92. The van der Waals surface area contributed by atoms with Gasteiger partial charge in [-0.1, -0.05) is 19.8 Å². The maximum absolute atomic E-state index is 12.3. The molecule has 1 heterocycles. The van der Waals surface area contributed by atoms with Crippen molar-refractivity contribution in [1.82, 2.24) is 15.1 Å². The van der Waals surface area contributed by atoms with Gasteiger partial charge >= 0.3 is 0 Å². The predicted octanol–water partition coefficient (Wildman–Crippen LogP) is 1.21. The molecule has 1 saturated carbocycles. The zero-order valence-electron chi connectivity index (χ0n) is 14.4. The maximum Gasteiger partial charge on any atom is 0.237 e. The second-order valence-corrected chi connectivity index (χ2v) is 7.13. The van der Waals surface area contributed by atoms with Crippen LogP contribution in [0.1, 0.15) is 51.9 Å². The lowest BCUT2D eigenvalue weighted by Gasteiger charge is -2.42. The molecule has 0 radical (unpaired) electrons. The van der Waals surface area contributed by atoms with E-state index in [4.69, 9.17) is 0 Å². The number of hydrogen-bond acceptors (Lipinski definition) is 4. The smallest absolute Gasteiger partial charge is 0.237 e. The van der Waals surface area contributed by atoms with Gasteiger partial charge in [-0.15, -0.1) is 0 Å². The summed E-state index contributed by atoms with van der Waals surface area (Å²) in [5.41, 5.74) is 0. The molecular weight excluding hydrogens is 278 g/mol. The fourth-order valence-electron chi connectivity index (χ4n) is 3.98. The number of nitrogens with zero attached hydrogens (tertiary/aromatic N) is 2. The molecule has 0 spiro atoms. The monoisotopic (exact) mass is 311 g/mol. The van der Waals surface area contributed by atoms with Crippen molar-refractivity contribution in [2.45, 2.75) is 76.1 Å². The third-order valence-electron chi connectivity index (χ3n) is 5.35. The molecule has 2 fully saturated rings. The van der Waals surface area contributed by atoms with E-state index in [1.54, 1.807) is 0 Å². The van der Waals surface area contributed by atoms with E-state index in [0.717, 1.165) is 51.6 Å². The highest BCUT2D eigenvalue weighted by Crippen LogP contribution is 2.25. The van der Waals surface area contributed by atoms with Gasteiger partial charge in [0.05, 0.1) is 12.1 Å². The Morgan fingerprint density at radius 3 is 2.41 bits per heavy atom. The molecule has 2 N–H and O–H groups in total. The number of rotatable bonds is 5. The summed E-state index contributed by atoms with van der Waals surface area (Å²) in [5, 5.41) is 13.4. The summed E-state index contributed by atoms with van der Waals surface area (Å²) in [6.07, 6.45) is 7.15. The van der Waals surface area contributed by atoms with Crippen molar-refractivity contribution in [1.29, 1.82) is 0 Å². The number of aliphatic hydroxyl groups is 1. The third-order valence-corrected chi connectivity index (χ3v) is 5.35. The van der Waals surface area contributed by atoms with Gasteiger partial charge in [0, 0.05) is 25.2 Å². The van der Waals surface area contributed by atoms with Gasteiger partial charge in [0.2, 0.25) is 5.91 Å². The van der Waals surface area contributed by atoms with Crippen LogP contribution in [-0.2, 0) is 4.79 Å². The second-order valence-electron chi connectivity index (χ2n) is 7.13. The van der Waals surface area contributed by atoms with Crippen LogP contribution in [0.4, 0.5) is 0 Å². The summed E-state index contributed by atoms with van der Waals surface area (Å²) in [6.45, 7) is 4.04. The first kappa shape index (κ1) is 17.7. The van der Waals surface area contributed by atoms with Gasteiger partial charge in [-0.2, -0.15) is 0 Å². The van der Waals surface area contributed by atoms with Crippen LogP contribution in [-0.4, -0.2) is 72.2 Å². The largest absolute Gasteiger partial charge is 0.391 e. The second kappa shape index (κ2) is 8.27. The van der Waals surface area contributed by atoms with Crippen LogP contribution >= 0.6 is 0 Å². The number of carbonyl (C=O) groups excluding carboxylic acids is 1. The number of hydrogen-bond donors (Lipinski definition) is 2. The molecule has 1 aliphatic heterocycles. The molecule has 0 aromatic heterocycles. The van der Waals surface area contributed by atoms with E-state index in [2.05, 4.69) is 17.1 Å². The molecule has 22 heavy (non-hydrogen) atoms. The standard InChI is InChI=1S/C17H33N3O2/c1-4-14(19(2)3)17(22)18-13-9-11-20(12-10-13)15-7-5-6-8-16(15)21/h13-16,21H,4-12H2,1-3H3,(H,18,22). The average molecular weight is 311 g/mol. The van der Waals surface area contributed by atoms with Crippen LogP contribution in [0.2, 0.25) is 0 Å². The molecule has 0 aromatic carbocycles. The van der Waals surface area contributed by atoms with Gasteiger partial charge in [0.25, 0.3) is 0 Å². The number of nitrogens with one attached hydrogen (secondary N) is 1. The van der Waals surface area contributed by atoms with Crippen LogP contribution < -0.4 is 5.32 Å². The summed E-state index contributed by atoms with van der Waals surface area (Å²) >= 11 is 0. The Morgan fingerprint density at radius 2 is 1.86 bits per heavy atom. The van der Waals surface area contributed by atoms with Crippen molar-refractivity contribution >= 4 is 5.91 Å². The van der Waals surface area contributed by atoms with Gasteiger partial charge in [0.15, 0.2) is 0 Å². The van der Waals surface area contributed by atoms with E-state index in [1.165, 1.54) is 6.42 Å². The van der Waals surface area contributed by atoms with Crippen molar-refractivity contribution in [3.63, 3.8) is 0 Å². The van der Waals surface area contributed by atoms with Crippen molar-refractivity contribution in [3.05, 3.63) is 0 Å². The first-order valence-corrected chi connectivity index (χ1v) is 8.91. The predicted molar refractivity (Wildman–Crippen MR) is 88.8 cm³/mol. The number of likely N-dealkylation sites (N-methyl/N-ethyl adjacent to an activating group) is 1. The minimum atomic E-state index is -0.155. The molecule has 1 saturated heterocycles. The number of piperidine rings is 1. The molecule has 5 heteroatoms. The number of aliphatic hydroxyl groups excluding tert-OH is 1. The average Bonchev–Trinajstić information content (AvgIpc) is 2.49. The van der Waals surface area contributed by atoms with Gasteiger partial charge in [-0.3, -0.25) is 14.6 Å². The Morgan fingerprint density at radius 1 is 1.23 bits per heavy atom. The highest BCUT2D eigenvalue weighted by Gasteiger charge is 2.32. The fourth-order valence-corrected chi connectivity index (χ4v) is 3.98. The van der Waals surface area contributed by atoms with Gasteiger partial charge < -0.3 is 10.4 Å². The zero-order valence-corrected chi connectivity index (χ0v) is 14.4. The Bertz CT molecular complexity index is 354. The van der Waals surface area contributed by atoms with E-state index in [1.807, 2.05) is 19.0 Å². The van der Waals surface area contributed by atoms with Gasteiger partial charge in [0.1, 0.15) is 0 Å². The molecule has 2 aliphatic rings. The molecule has 0 bridgehead atoms. The van der Waals surface area contributed by atoms with Crippen molar-refractivity contribution < 1.29 is 9.90 Å². The fraction of sp³-hybridized carbons (Fsp3) is 0.941. The molecule has 3 atom stereocenters. The van der Waals surface area contributed by atoms with E-state index in [-0.39, 0.29) is 18.1 Å². The Labute approximate surface area is 135 Å². The normalized spacial score (nSPS) is 29.5. The quantitative estimate of drug-likeness (QED) is 0.801. The molecule has 1 aliphatic carbocycles. The maximum atomic E-state index is 12.3. The minimum Gasteiger partial charge on any atom is -0.391 e. The highest BCUT2D eigenvalue weighted by atomic mass is 16.3. The van der Waals surface area contributed by atoms with E-state index >= 15 is 0 Å². The lowest BCUT2D eigenvalue weighted by molar-refractivity contribution is -0.126. The Balaban J connectivity index is 1.78. The summed E-state index contributed by atoms with van der Waals surface area (Å²) in [6, 6.07) is 0.604. The number of amides is 1. The van der Waals surface area contributed by atoms with Crippen LogP contribution in [0.3, 0.4) is 0 Å². The first-order chi connectivity index (χ1) is 10.5. The minimum absolute atomic E-state index is 0.0294. The molecule has 5 nitrogen and oxygen atoms in total. The molecule has 2 rings (SSSR count). The van der Waals surface area contributed by atoms with Gasteiger partial charge in [-0.05, 0) is 46.2 Å². The van der Waals surface area contributed by atoms with Crippen molar-refractivity contribution in [2.24, 2.45) is 0 Å². The van der Waals surface area contributed by atoms with Crippen molar-refractivity contribution in [2.75, 3.05) is 27.2 Å². The van der Waals surface area contributed by atoms with Gasteiger partial charge in [-0.25, -0.2) is 0 Å². The Hall–Kier alpha value is -0.650. The van der Waals surface area contributed by atoms with Crippen LogP contribution in [0.5, 0.6) is 0 Å². The number of likely N-dealkylation sites (tertiary alicyclic amines) is 1. The number of carbonyl (C=O) groups is 1. The summed E-state index contributed by atoms with van der Waals surface area (Å²) in [4.78, 5) is 16.7. The molecule has 0 aromatic rings. The Kier molecular flexibility index (Phi) is 6.66.